The minimum atomic E-state index is -4.72. The highest BCUT2D eigenvalue weighted by atomic mass is 32.2. The second-order valence-electron chi connectivity index (χ2n) is 6.31. The zero-order chi connectivity index (χ0) is 20.2. The highest BCUT2D eigenvalue weighted by Crippen LogP contribution is 2.65. The van der Waals surface area contributed by atoms with Crippen LogP contribution in [0.5, 0.6) is 17.2 Å². The fourth-order valence-electron chi connectivity index (χ4n) is 3.28. The minimum absolute atomic E-state index is 0.0495. The van der Waals surface area contributed by atoms with Gasteiger partial charge in [0.25, 0.3) is 0 Å². The van der Waals surface area contributed by atoms with E-state index in [2.05, 4.69) is 4.74 Å². The van der Waals surface area contributed by atoms with E-state index in [-0.39, 0.29) is 22.7 Å². The number of carbonyl (C=O) groups is 1. The fraction of sp³-hybridized carbons (Fsp3) is 0.278. The van der Waals surface area contributed by atoms with Crippen LogP contribution in [0.3, 0.4) is 0 Å². The van der Waals surface area contributed by atoms with Crippen molar-refractivity contribution in [2.75, 3.05) is 0 Å². The summed E-state index contributed by atoms with van der Waals surface area (Å²) >= 11 is 1.39. The Morgan fingerprint density at radius 2 is 1.86 bits per heavy atom. The van der Waals surface area contributed by atoms with Crippen LogP contribution in [0.25, 0.3) is 0 Å². The second-order valence-corrected chi connectivity index (χ2v) is 7.53. The first-order valence-electron chi connectivity index (χ1n) is 8.02. The van der Waals surface area contributed by atoms with Crippen LogP contribution in [0.2, 0.25) is 0 Å². The van der Waals surface area contributed by atoms with Gasteiger partial charge in [-0.2, -0.15) is 22.0 Å². The Labute approximate surface area is 159 Å². The number of hydrogen-bond donors (Lipinski definition) is 1. The van der Waals surface area contributed by atoms with Gasteiger partial charge in [0.2, 0.25) is 0 Å². The van der Waals surface area contributed by atoms with Gasteiger partial charge in [0.05, 0.1) is 11.5 Å². The molecule has 2 aromatic rings. The van der Waals surface area contributed by atoms with Crippen molar-refractivity contribution in [2.45, 2.75) is 28.9 Å². The van der Waals surface area contributed by atoms with Crippen molar-refractivity contribution in [3.63, 3.8) is 0 Å². The number of ether oxygens (including phenoxy) is 2. The quantitative estimate of drug-likeness (QED) is 0.662. The largest absolute Gasteiger partial charge is 0.481 e. The van der Waals surface area contributed by atoms with Crippen molar-refractivity contribution in [1.82, 2.24) is 0 Å². The molecule has 0 amide bonds. The number of rotatable bonds is 5. The molecule has 1 aliphatic carbocycles. The van der Waals surface area contributed by atoms with Crippen LogP contribution in [-0.2, 0) is 11.0 Å². The highest BCUT2D eigenvalue weighted by molar-refractivity contribution is 8.00. The van der Waals surface area contributed by atoms with Crippen molar-refractivity contribution < 1.29 is 41.3 Å². The Morgan fingerprint density at radius 1 is 1.11 bits per heavy atom. The average molecular weight is 418 g/mol. The summed E-state index contributed by atoms with van der Waals surface area (Å²) in [7, 11) is 0. The first-order valence-corrected chi connectivity index (χ1v) is 8.90. The van der Waals surface area contributed by atoms with Gasteiger partial charge < -0.3 is 14.6 Å². The Hall–Kier alpha value is -2.49. The number of fused-ring (bicyclic) bond motifs is 3. The molecule has 2 aromatic carbocycles. The van der Waals surface area contributed by atoms with Crippen molar-refractivity contribution in [1.29, 1.82) is 0 Å². The maximum absolute atomic E-state index is 12.8. The number of aliphatic carboxylic acids is 1. The van der Waals surface area contributed by atoms with Crippen molar-refractivity contribution in [3.8, 4) is 17.2 Å². The van der Waals surface area contributed by atoms with Crippen LogP contribution in [0.4, 0.5) is 22.0 Å². The molecular formula is C18H11F5O4S. The molecule has 4 rings (SSSR count). The normalized spacial score (nSPS) is 22.6. The van der Waals surface area contributed by atoms with E-state index in [1.165, 1.54) is 17.8 Å². The molecule has 0 spiro atoms. The highest BCUT2D eigenvalue weighted by Gasteiger charge is 2.60. The van der Waals surface area contributed by atoms with Gasteiger partial charge in [0, 0.05) is 16.1 Å². The molecule has 2 aliphatic rings. The summed E-state index contributed by atoms with van der Waals surface area (Å²) in [6.07, 6.45) is -4.72. The molecule has 10 heteroatoms. The molecule has 0 bridgehead atoms. The maximum Gasteiger partial charge on any atom is 0.416 e. The predicted molar refractivity (Wildman–Crippen MR) is 88.1 cm³/mol. The Kier molecular flexibility index (Phi) is 4.40. The summed E-state index contributed by atoms with van der Waals surface area (Å²) in [5.74, 6) is -2.15. The summed E-state index contributed by atoms with van der Waals surface area (Å²) < 4.78 is 73.3. The lowest BCUT2D eigenvalue weighted by atomic mass is 10.1. The molecule has 1 saturated carbocycles. The minimum Gasteiger partial charge on any atom is -0.481 e. The van der Waals surface area contributed by atoms with Crippen LogP contribution >= 0.6 is 11.8 Å². The van der Waals surface area contributed by atoms with E-state index in [9.17, 15) is 26.7 Å². The monoisotopic (exact) mass is 418 g/mol. The SMILES string of the molecule is O=C(O)C1C2Sc3cc(Oc4ccc(C(F)(F)F)cc4OC(F)F)ccc3C21. The molecule has 3 unspecified atom stereocenters. The molecule has 1 heterocycles. The van der Waals surface area contributed by atoms with Crippen LogP contribution in [0.1, 0.15) is 17.0 Å². The maximum atomic E-state index is 12.8. The van der Waals surface area contributed by atoms with Gasteiger partial charge in [-0.1, -0.05) is 6.07 Å². The lowest BCUT2D eigenvalue weighted by Crippen LogP contribution is -2.08. The first kappa shape index (κ1) is 18.9. The molecule has 1 fully saturated rings. The molecule has 1 N–H and O–H groups in total. The van der Waals surface area contributed by atoms with E-state index >= 15 is 0 Å². The van der Waals surface area contributed by atoms with E-state index in [1.54, 1.807) is 12.1 Å². The van der Waals surface area contributed by atoms with E-state index in [1.807, 2.05) is 0 Å². The second kappa shape index (κ2) is 6.54. The Bertz CT molecular complexity index is 946. The number of halogens is 5. The number of thioether (sulfide) groups is 1. The molecule has 148 valence electrons. The molecule has 1 aliphatic heterocycles. The topological polar surface area (TPSA) is 55.8 Å². The van der Waals surface area contributed by atoms with E-state index in [0.717, 1.165) is 16.5 Å². The van der Waals surface area contributed by atoms with Gasteiger partial charge >= 0.3 is 18.8 Å². The van der Waals surface area contributed by atoms with Gasteiger partial charge in [-0.05, 0) is 35.9 Å². The third kappa shape index (κ3) is 3.36. The molecule has 3 atom stereocenters. The Morgan fingerprint density at radius 3 is 2.50 bits per heavy atom. The molecule has 0 aromatic heterocycles. The molecule has 28 heavy (non-hydrogen) atoms. The summed E-state index contributed by atoms with van der Waals surface area (Å²) in [5, 5.41) is 9.07. The number of hydrogen-bond acceptors (Lipinski definition) is 4. The number of benzene rings is 2. The molecular weight excluding hydrogens is 407 g/mol. The third-order valence-corrected chi connectivity index (χ3v) is 6.03. The summed E-state index contributed by atoms with van der Waals surface area (Å²) in [6, 6.07) is 6.89. The van der Waals surface area contributed by atoms with E-state index in [4.69, 9.17) is 9.84 Å². The van der Waals surface area contributed by atoms with Crippen molar-refractivity contribution in [2.24, 2.45) is 5.92 Å². The summed E-state index contributed by atoms with van der Waals surface area (Å²) in [5.41, 5.74) is -0.272. The molecule has 0 radical (unpaired) electrons. The van der Waals surface area contributed by atoms with Gasteiger partial charge in [-0.3, -0.25) is 4.79 Å². The van der Waals surface area contributed by atoms with Gasteiger partial charge in [0.15, 0.2) is 11.5 Å². The smallest absolute Gasteiger partial charge is 0.416 e. The first-order chi connectivity index (χ1) is 13.1. The van der Waals surface area contributed by atoms with Crippen LogP contribution in [-0.4, -0.2) is 22.9 Å². The number of carboxylic acids is 1. The zero-order valence-electron chi connectivity index (χ0n) is 13.7. The van der Waals surface area contributed by atoms with Crippen LogP contribution < -0.4 is 9.47 Å². The summed E-state index contributed by atoms with van der Waals surface area (Å²) in [6.45, 7) is -3.32. The van der Waals surface area contributed by atoms with Gasteiger partial charge in [-0.15, -0.1) is 11.8 Å². The lowest BCUT2D eigenvalue weighted by molar-refractivity contribution is -0.139. The summed E-state index contributed by atoms with van der Waals surface area (Å²) in [4.78, 5) is 11.9. The molecule has 4 nitrogen and oxygen atoms in total. The lowest BCUT2D eigenvalue weighted by Gasteiger charge is -2.15. The number of alkyl halides is 5. The van der Waals surface area contributed by atoms with Gasteiger partial charge in [0.1, 0.15) is 5.75 Å². The van der Waals surface area contributed by atoms with E-state index < -0.39 is 36.0 Å². The Balaban J connectivity index is 1.59. The molecule has 0 saturated heterocycles. The predicted octanol–water partition coefficient (Wildman–Crippen LogP) is 5.37. The van der Waals surface area contributed by atoms with Gasteiger partial charge in [-0.25, -0.2) is 0 Å². The average Bonchev–Trinajstić information content (AvgIpc) is 3.18. The van der Waals surface area contributed by atoms with Crippen molar-refractivity contribution >= 4 is 17.7 Å². The number of carboxylic acid groups (broad SMARTS) is 1. The zero-order valence-corrected chi connectivity index (χ0v) is 14.6. The van der Waals surface area contributed by atoms with E-state index in [0.29, 0.717) is 12.1 Å². The van der Waals surface area contributed by atoms with Crippen molar-refractivity contribution in [3.05, 3.63) is 47.5 Å². The third-order valence-electron chi connectivity index (χ3n) is 4.56. The van der Waals surface area contributed by atoms with Crippen LogP contribution in [0, 0.1) is 5.92 Å². The fourth-order valence-corrected chi connectivity index (χ4v) is 4.90. The van der Waals surface area contributed by atoms with Crippen LogP contribution in [0.15, 0.2) is 41.3 Å². The standard InChI is InChI=1S/C18H11F5O4S/c19-17(20)27-11-5-7(18(21,22)23)1-4-10(11)26-8-2-3-9-12(6-8)28-15-13(9)14(15)16(24)25/h1-6,13-15,17H,(H,24,25).